The van der Waals surface area contributed by atoms with Crippen LogP contribution in [0.5, 0.6) is 0 Å². The maximum absolute atomic E-state index is 13.8. The fourth-order valence-electron chi connectivity index (χ4n) is 2.70. The highest BCUT2D eigenvalue weighted by molar-refractivity contribution is 5.81. The van der Waals surface area contributed by atoms with Gasteiger partial charge in [-0.25, -0.2) is 4.39 Å². The Hall–Kier alpha value is -1.83. The van der Waals surface area contributed by atoms with Gasteiger partial charge in [0.05, 0.1) is 5.69 Å². The molecule has 0 fully saturated rings. The van der Waals surface area contributed by atoms with Gasteiger partial charge in [-0.15, -0.1) is 0 Å². The van der Waals surface area contributed by atoms with Gasteiger partial charge in [0.15, 0.2) is 0 Å². The largest absolute Gasteiger partial charge is 0.396 e. The fraction of sp³-hybridized carbons (Fsp3) is 0.333. The maximum Gasteiger partial charge on any atom is 0.146 e. The van der Waals surface area contributed by atoms with Gasteiger partial charge < -0.3 is 5.73 Å². The van der Waals surface area contributed by atoms with Crippen LogP contribution < -0.4 is 5.73 Å². The second kappa shape index (κ2) is 6.08. The predicted molar refractivity (Wildman–Crippen MR) is 84.4 cm³/mol. The number of hydrogen-bond acceptors (Lipinski definition) is 1. The van der Waals surface area contributed by atoms with Gasteiger partial charge in [-0.3, -0.25) is 0 Å². The molecule has 0 aliphatic carbocycles. The number of nitrogens with two attached hydrogens (primary N) is 1. The van der Waals surface area contributed by atoms with Crippen LogP contribution in [0.1, 0.15) is 37.5 Å². The summed E-state index contributed by atoms with van der Waals surface area (Å²) in [6.45, 7) is 6.42. The van der Waals surface area contributed by atoms with Crippen molar-refractivity contribution in [2.45, 2.75) is 40.0 Å². The summed E-state index contributed by atoms with van der Waals surface area (Å²) in [7, 11) is 0. The summed E-state index contributed by atoms with van der Waals surface area (Å²) in [6, 6.07) is 9.50. The van der Waals surface area contributed by atoms with E-state index in [1.54, 1.807) is 6.07 Å². The van der Waals surface area contributed by atoms with Crippen molar-refractivity contribution in [1.82, 2.24) is 0 Å². The topological polar surface area (TPSA) is 26.0 Å². The van der Waals surface area contributed by atoms with Gasteiger partial charge in [0.1, 0.15) is 5.82 Å². The minimum Gasteiger partial charge on any atom is -0.396 e. The lowest BCUT2D eigenvalue weighted by molar-refractivity contribution is 0.633. The number of halogens is 1. The van der Waals surface area contributed by atoms with Crippen molar-refractivity contribution in [3.8, 4) is 11.1 Å². The van der Waals surface area contributed by atoms with Crippen LogP contribution in [0.2, 0.25) is 0 Å². The van der Waals surface area contributed by atoms with Crippen LogP contribution in [0.3, 0.4) is 0 Å². The molecule has 0 aliphatic heterocycles. The van der Waals surface area contributed by atoms with E-state index in [0.717, 1.165) is 30.4 Å². The molecule has 2 heteroatoms. The van der Waals surface area contributed by atoms with E-state index in [0.29, 0.717) is 0 Å². The first kappa shape index (κ1) is 14.6. The van der Waals surface area contributed by atoms with Gasteiger partial charge in [-0.1, -0.05) is 45.0 Å². The highest BCUT2D eigenvalue weighted by Crippen LogP contribution is 2.35. The quantitative estimate of drug-likeness (QED) is 0.797. The molecule has 0 heterocycles. The molecule has 20 heavy (non-hydrogen) atoms. The lowest BCUT2D eigenvalue weighted by Crippen LogP contribution is -2.01. The monoisotopic (exact) mass is 271 g/mol. The first-order chi connectivity index (χ1) is 9.62. The molecular weight excluding hydrogens is 249 g/mol. The summed E-state index contributed by atoms with van der Waals surface area (Å²) >= 11 is 0. The molecule has 0 saturated carbocycles. The molecule has 2 rings (SSSR count). The van der Waals surface area contributed by atoms with Gasteiger partial charge in [0.2, 0.25) is 0 Å². The Bertz CT molecular complexity index is 592. The first-order valence-corrected chi connectivity index (χ1v) is 7.31. The molecule has 0 unspecified atom stereocenters. The molecule has 2 aromatic carbocycles. The molecule has 106 valence electrons. The highest BCUT2D eigenvalue weighted by atomic mass is 19.1. The Balaban J connectivity index is 2.74. The molecule has 0 aromatic heterocycles. The van der Waals surface area contributed by atoms with Crippen molar-refractivity contribution in [2.24, 2.45) is 0 Å². The lowest BCUT2D eigenvalue weighted by atomic mass is 9.88. The summed E-state index contributed by atoms with van der Waals surface area (Å²) in [5, 5.41) is 0. The zero-order chi connectivity index (χ0) is 14.7. The third kappa shape index (κ3) is 2.55. The van der Waals surface area contributed by atoms with Gasteiger partial charge in [0.25, 0.3) is 0 Å². The fourth-order valence-corrected chi connectivity index (χ4v) is 2.70. The van der Waals surface area contributed by atoms with Crippen molar-refractivity contribution < 1.29 is 4.39 Å². The third-order valence-electron chi connectivity index (χ3n) is 3.85. The summed E-state index contributed by atoms with van der Waals surface area (Å²) in [6.07, 6.45) is 2.86. The molecule has 2 N–H and O–H groups in total. The van der Waals surface area contributed by atoms with E-state index in [9.17, 15) is 4.39 Å². The van der Waals surface area contributed by atoms with Crippen LogP contribution in [-0.4, -0.2) is 0 Å². The maximum atomic E-state index is 13.8. The zero-order valence-electron chi connectivity index (χ0n) is 12.5. The number of anilines is 1. The molecule has 0 radical (unpaired) electrons. The second-order valence-corrected chi connectivity index (χ2v) is 5.05. The zero-order valence-corrected chi connectivity index (χ0v) is 12.5. The molecule has 2 aromatic rings. The Kier molecular flexibility index (Phi) is 4.43. The smallest absolute Gasteiger partial charge is 0.146 e. The minimum atomic E-state index is -0.342. The normalized spacial score (nSPS) is 10.8. The van der Waals surface area contributed by atoms with Gasteiger partial charge in [0, 0.05) is 5.56 Å². The van der Waals surface area contributed by atoms with Crippen molar-refractivity contribution in [1.29, 1.82) is 0 Å². The average Bonchev–Trinajstić information content (AvgIpc) is 2.48. The van der Waals surface area contributed by atoms with Gasteiger partial charge in [-0.05, 0) is 47.6 Å². The van der Waals surface area contributed by atoms with E-state index in [4.69, 9.17) is 5.73 Å². The number of hydrogen-bond donors (Lipinski definition) is 1. The SMILES string of the molecule is CCc1cc(CC)c(-c2cccc(F)c2N)c(CC)c1. The number of aryl methyl sites for hydroxylation is 3. The molecule has 0 bridgehead atoms. The van der Waals surface area contributed by atoms with E-state index < -0.39 is 0 Å². The molecule has 0 amide bonds. The Morgan fingerprint density at radius 3 is 2.05 bits per heavy atom. The van der Waals surface area contributed by atoms with E-state index in [2.05, 4.69) is 32.9 Å². The Morgan fingerprint density at radius 1 is 0.950 bits per heavy atom. The lowest BCUT2D eigenvalue weighted by Gasteiger charge is -2.17. The second-order valence-electron chi connectivity index (χ2n) is 5.05. The minimum absolute atomic E-state index is 0.251. The predicted octanol–water partition coefficient (Wildman–Crippen LogP) is 4.76. The number of benzene rings is 2. The third-order valence-corrected chi connectivity index (χ3v) is 3.85. The Labute approximate surface area is 120 Å². The summed E-state index contributed by atoms with van der Waals surface area (Å²) in [5.74, 6) is -0.342. The summed E-state index contributed by atoms with van der Waals surface area (Å²) in [4.78, 5) is 0. The molecule has 0 spiro atoms. The van der Waals surface area contributed by atoms with Gasteiger partial charge >= 0.3 is 0 Å². The van der Waals surface area contributed by atoms with Gasteiger partial charge in [-0.2, -0.15) is 0 Å². The number of para-hydroxylation sites is 1. The van der Waals surface area contributed by atoms with Crippen LogP contribution in [0.15, 0.2) is 30.3 Å². The molecule has 1 nitrogen and oxygen atoms in total. The van der Waals surface area contributed by atoms with E-state index in [1.807, 2.05) is 6.07 Å². The van der Waals surface area contributed by atoms with E-state index in [-0.39, 0.29) is 11.5 Å². The summed E-state index contributed by atoms with van der Waals surface area (Å²) in [5.41, 5.74) is 12.0. The van der Waals surface area contributed by atoms with Crippen molar-refractivity contribution >= 4 is 5.69 Å². The Morgan fingerprint density at radius 2 is 1.55 bits per heavy atom. The average molecular weight is 271 g/mol. The molecular formula is C18H22FN. The van der Waals surface area contributed by atoms with Crippen LogP contribution >= 0.6 is 0 Å². The highest BCUT2D eigenvalue weighted by Gasteiger charge is 2.14. The molecule has 0 saturated heterocycles. The van der Waals surface area contributed by atoms with E-state index in [1.165, 1.54) is 22.8 Å². The van der Waals surface area contributed by atoms with Crippen molar-refractivity contribution in [3.63, 3.8) is 0 Å². The van der Waals surface area contributed by atoms with Crippen LogP contribution in [-0.2, 0) is 19.3 Å². The van der Waals surface area contributed by atoms with Crippen LogP contribution in [0.25, 0.3) is 11.1 Å². The molecule has 0 aliphatic rings. The van der Waals surface area contributed by atoms with Crippen LogP contribution in [0, 0.1) is 5.82 Å². The molecule has 0 atom stereocenters. The van der Waals surface area contributed by atoms with E-state index >= 15 is 0 Å². The number of nitrogen functional groups attached to an aromatic ring is 1. The van der Waals surface area contributed by atoms with Crippen molar-refractivity contribution in [2.75, 3.05) is 5.73 Å². The van der Waals surface area contributed by atoms with Crippen molar-refractivity contribution in [3.05, 3.63) is 52.8 Å². The standard InChI is InChI=1S/C18H22FN/c1-4-12-10-13(5-2)17(14(6-3)11-12)15-8-7-9-16(19)18(15)20/h7-11H,4-6,20H2,1-3H3. The van der Waals surface area contributed by atoms with Crippen LogP contribution in [0.4, 0.5) is 10.1 Å². The summed E-state index contributed by atoms with van der Waals surface area (Å²) < 4.78 is 13.8. The number of rotatable bonds is 4. The first-order valence-electron chi connectivity index (χ1n) is 7.31.